The Kier molecular flexibility index (Phi) is 3.72. The summed E-state index contributed by atoms with van der Waals surface area (Å²) in [6.07, 6.45) is 0.867. The molecular weight excluding hydrogens is 192 g/mol. The van der Waals surface area contributed by atoms with Crippen molar-refractivity contribution in [2.45, 2.75) is 27.2 Å². The maximum Gasteiger partial charge on any atom is 0.339 e. The largest absolute Gasteiger partial charge is 0.492 e. The molecule has 1 aromatic rings. The van der Waals surface area contributed by atoms with Crippen LogP contribution in [0.2, 0.25) is 0 Å². The van der Waals surface area contributed by atoms with Gasteiger partial charge in [0, 0.05) is 0 Å². The van der Waals surface area contributed by atoms with Crippen LogP contribution in [0.1, 0.15) is 34.8 Å². The van der Waals surface area contributed by atoms with Crippen LogP contribution >= 0.6 is 0 Å². The molecule has 3 nitrogen and oxygen atoms in total. The number of ether oxygens (including phenoxy) is 1. The zero-order chi connectivity index (χ0) is 11.4. The standard InChI is InChI=1S/C12H16O3/c1-4-5-15-11-9(3)6-8(2)7-10(11)12(13)14/h6-7H,4-5H2,1-3H3,(H,13,14). The zero-order valence-electron chi connectivity index (χ0n) is 9.33. The molecule has 1 aromatic carbocycles. The zero-order valence-corrected chi connectivity index (χ0v) is 9.33. The van der Waals surface area contributed by atoms with Gasteiger partial charge < -0.3 is 9.84 Å². The van der Waals surface area contributed by atoms with Gasteiger partial charge in [-0.15, -0.1) is 0 Å². The van der Waals surface area contributed by atoms with E-state index in [1.54, 1.807) is 6.07 Å². The van der Waals surface area contributed by atoms with E-state index in [-0.39, 0.29) is 5.56 Å². The summed E-state index contributed by atoms with van der Waals surface area (Å²) < 4.78 is 5.45. The van der Waals surface area contributed by atoms with Gasteiger partial charge in [0.2, 0.25) is 0 Å². The van der Waals surface area contributed by atoms with Gasteiger partial charge in [0.15, 0.2) is 0 Å². The predicted molar refractivity (Wildman–Crippen MR) is 58.7 cm³/mol. The first-order valence-electron chi connectivity index (χ1n) is 5.03. The second-order valence-electron chi connectivity index (χ2n) is 3.61. The van der Waals surface area contributed by atoms with Gasteiger partial charge in [-0.1, -0.05) is 13.0 Å². The first-order chi connectivity index (χ1) is 7.06. The number of carboxylic acids is 1. The first-order valence-corrected chi connectivity index (χ1v) is 5.03. The van der Waals surface area contributed by atoms with E-state index in [1.165, 1.54) is 0 Å². The van der Waals surface area contributed by atoms with Crippen LogP contribution in [0.5, 0.6) is 5.75 Å². The van der Waals surface area contributed by atoms with Crippen molar-refractivity contribution in [3.05, 3.63) is 28.8 Å². The van der Waals surface area contributed by atoms with Crippen LogP contribution in [-0.4, -0.2) is 17.7 Å². The third-order valence-corrected chi connectivity index (χ3v) is 2.10. The summed E-state index contributed by atoms with van der Waals surface area (Å²) in [4.78, 5) is 11.0. The van der Waals surface area contributed by atoms with Crippen LogP contribution < -0.4 is 4.74 Å². The molecule has 0 aliphatic heterocycles. The summed E-state index contributed by atoms with van der Waals surface area (Å²) in [5.41, 5.74) is 2.07. The molecule has 0 amide bonds. The fourth-order valence-electron chi connectivity index (χ4n) is 1.51. The number of hydrogen-bond donors (Lipinski definition) is 1. The van der Waals surface area contributed by atoms with Crippen LogP contribution in [0, 0.1) is 13.8 Å². The molecule has 0 aromatic heterocycles. The van der Waals surface area contributed by atoms with Crippen LogP contribution in [0.15, 0.2) is 12.1 Å². The second-order valence-corrected chi connectivity index (χ2v) is 3.61. The van der Waals surface area contributed by atoms with Gasteiger partial charge in [-0.05, 0) is 37.5 Å². The fourth-order valence-corrected chi connectivity index (χ4v) is 1.51. The molecule has 0 spiro atoms. The number of rotatable bonds is 4. The monoisotopic (exact) mass is 208 g/mol. The van der Waals surface area contributed by atoms with Crippen molar-refractivity contribution >= 4 is 5.97 Å². The summed E-state index contributed by atoms with van der Waals surface area (Å²) >= 11 is 0. The molecule has 0 saturated heterocycles. The van der Waals surface area contributed by atoms with Gasteiger partial charge in [0.05, 0.1) is 6.61 Å². The number of hydrogen-bond acceptors (Lipinski definition) is 2. The van der Waals surface area contributed by atoms with Crippen LogP contribution in [0.3, 0.4) is 0 Å². The third-order valence-electron chi connectivity index (χ3n) is 2.10. The average molecular weight is 208 g/mol. The lowest BCUT2D eigenvalue weighted by Crippen LogP contribution is -2.06. The third kappa shape index (κ3) is 2.72. The molecule has 82 valence electrons. The van der Waals surface area contributed by atoms with Crippen molar-refractivity contribution in [1.82, 2.24) is 0 Å². The highest BCUT2D eigenvalue weighted by Crippen LogP contribution is 2.25. The maximum atomic E-state index is 11.0. The number of carbonyl (C=O) groups is 1. The Bertz CT molecular complexity index is 369. The highest BCUT2D eigenvalue weighted by molar-refractivity contribution is 5.91. The van der Waals surface area contributed by atoms with E-state index in [4.69, 9.17) is 9.84 Å². The Morgan fingerprint density at radius 1 is 1.40 bits per heavy atom. The Labute approximate surface area is 89.7 Å². The normalized spacial score (nSPS) is 10.1. The highest BCUT2D eigenvalue weighted by Gasteiger charge is 2.14. The van der Waals surface area contributed by atoms with Gasteiger partial charge in [-0.25, -0.2) is 4.79 Å². The van der Waals surface area contributed by atoms with Crippen LogP contribution in [-0.2, 0) is 0 Å². The van der Waals surface area contributed by atoms with E-state index in [0.29, 0.717) is 12.4 Å². The SMILES string of the molecule is CCCOc1c(C)cc(C)cc1C(=O)O. The lowest BCUT2D eigenvalue weighted by atomic mass is 10.1. The molecule has 0 atom stereocenters. The minimum Gasteiger partial charge on any atom is -0.492 e. The minimum absolute atomic E-state index is 0.251. The van der Waals surface area contributed by atoms with E-state index in [9.17, 15) is 4.79 Å². The summed E-state index contributed by atoms with van der Waals surface area (Å²) in [6, 6.07) is 3.57. The molecule has 0 unspecified atom stereocenters. The number of aromatic carboxylic acids is 1. The molecule has 0 aliphatic carbocycles. The van der Waals surface area contributed by atoms with Crippen molar-refractivity contribution in [2.75, 3.05) is 6.61 Å². The lowest BCUT2D eigenvalue weighted by molar-refractivity contribution is 0.0692. The number of benzene rings is 1. The summed E-state index contributed by atoms with van der Waals surface area (Å²) in [6.45, 7) is 6.28. The van der Waals surface area contributed by atoms with E-state index in [0.717, 1.165) is 17.5 Å². The quantitative estimate of drug-likeness (QED) is 0.827. The van der Waals surface area contributed by atoms with E-state index in [2.05, 4.69) is 0 Å². The molecule has 15 heavy (non-hydrogen) atoms. The molecule has 0 heterocycles. The molecule has 0 fully saturated rings. The Hall–Kier alpha value is -1.51. The van der Waals surface area contributed by atoms with Crippen molar-refractivity contribution in [1.29, 1.82) is 0 Å². The fraction of sp³-hybridized carbons (Fsp3) is 0.417. The van der Waals surface area contributed by atoms with Crippen LogP contribution in [0.25, 0.3) is 0 Å². The molecule has 3 heteroatoms. The lowest BCUT2D eigenvalue weighted by Gasteiger charge is -2.12. The summed E-state index contributed by atoms with van der Waals surface area (Å²) in [7, 11) is 0. The average Bonchev–Trinajstić information content (AvgIpc) is 2.15. The molecule has 0 radical (unpaired) electrons. The Morgan fingerprint density at radius 3 is 2.60 bits per heavy atom. The molecule has 0 aliphatic rings. The molecule has 1 N–H and O–H groups in total. The molecule has 1 rings (SSSR count). The van der Waals surface area contributed by atoms with Crippen LogP contribution in [0.4, 0.5) is 0 Å². The summed E-state index contributed by atoms with van der Waals surface area (Å²) in [5, 5.41) is 9.03. The van der Waals surface area contributed by atoms with Gasteiger partial charge in [0.25, 0.3) is 0 Å². The van der Waals surface area contributed by atoms with Crippen molar-refractivity contribution < 1.29 is 14.6 Å². The van der Waals surface area contributed by atoms with Gasteiger partial charge in [-0.3, -0.25) is 0 Å². The number of aryl methyl sites for hydroxylation is 2. The van der Waals surface area contributed by atoms with Crippen molar-refractivity contribution in [3.63, 3.8) is 0 Å². The topological polar surface area (TPSA) is 46.5 Å². The smallest absolute Gasteiger partial charge is 0.339 e. The first kappa shape index (κ1) is 11.6. The molecule has 0 saturated carbocycles. The van der Waals surface area contributed by atoms with Gasteiger partial charge >= 0.3 is 5.97 Å². The maximum absolute atomic E-state index is 11.0. The van der Waals surface area contributed by atoms with Gasteiger partial charge in [-0.2, -0.15) is 0 Å². The van der Waals surface area contributed by atoms with Crippen molar-refractivity contribution in [3.8, 4) is 5.75 Å². The molecule has 0 bridgehead atoms. The van der Waals surface area contributed by atoms with E-state index < -0.39 is 5.97 Å². The predicted octanol–water partition coefficient (Wildman–Crippen LogP) is 2.79. The van der Waals surface area contributed by atoms with Crippen molar-refractivity contribution in [2.24, 2.45) is 0 Å². The van der Waals surface area contributed by atoms with Gasteiger partial charge in [0.1, 0.15) is 11.3 Å². The van der Waals surface area contributed by atoms with E-state index in [1.807, 2.05) is 26.8 Å². The minimum atomic E-state index is -0.937. The highest BCUT2D eigenvalue weighted by atomic mass is 16.5. The number of carboxylic acid groups (broad SMARTS) is 1. The Morgan fingerprint density at radius 2 is 2.07 bits per heavy atom. The summed E-state index contributed by atoms with van der Waals surface area (Å²) in [5.74, 6) is -0.442. The van der Waals surface area contributed by atoms with E-state index >= 15 is 0 Å². The second kappa shape index (κ2) is 4.82. The Balaban J connectivity index is 3.15. The molecular formula is C12H16O3.